The third-order valence-electron chi connectivity index (χ3n) is 11.7. The van der Waals surface area contributed by atoms with Gasteiger partial charge in [0.1, 0.15) is 0 Å². The molecule has 2 N–H and O–H groups in total. The Balaban J connectivity index is 1.31. The number of rotatable bonds is 5. The van der Waals surface area contributed by atoms with Gasteiger partial charge in [0.05, 0.1) is 50.6 Å². The lowest BCUT2D eigenvalue weighted by Crippen LogP contribution is -2.53. The van der Waals surface area contributed by atoms with E-state index in [0.29, 0.717) is 17.3 Å². The smallest absolute Gasteiger partial charge is 0.417 e. The number of phenolic OH excluding ortho intramolecular Hbond substituents is 1. The number of carbonyl (C=O) groups excluding carboxylic acids is 4. The summed E-state index contributed by atoms with van der Waals surface area (Å²) in [5.41, 5.74) is -5.89. The molecule has 8 rings (SSSR count). The van der Waals surface area contributed by atoms with Crippen LogP contribution >= 0.6 is 23.2 Å². The zero-order valence-electron chi connectivity index (χ0n) is 30.3. The number of allylic oxidation sites excluding steroid dienone is 2. The highest BCUT2D eigenvalue weighted by Crippen LogP contribution is 2.65. The Labute approximate surface area is 346 Å². The number of alkyl halides is 9. The zero-order valence-corrected chi connectivity index (χ0v) is 31.8. The van der Waals surface area contributed by atoms with Gasteiger partial charge in [-0.05, 0) is 66.8 Å². The van der Waals surface area contributed by atoms with Gasteiger partial charge in [0.2, 0.25) is 11.8 Å². The molecule has 2 aliphatic carbocycles. The number of aromatic nitrogens is 1. The Bertz CT molecular complexity index is 2550. The van der Waals surface area contributed by atoms with E-state index in [1.165, 1.54) is 42.5 Å². The summed E-state index contributed by atoms with van der Waals surface area (Å²) in [5, 5.41) is 11.2. The molecule has 6 unspecified atom stereocenters. The summed E-state index contributed by atoms with van der Waals surface area (Å²) >= 11 is 12.4. The van der Waals surface area contributed by atoms with Gasteiger partial charge in [-0.15, -0.1) is 0 Å². The molecule has 0 bridgehead atoms. The number of hydrogen-bond acceptors (Lipinski definition) is 7. The van der Waals surface area contributed by atoms with E-state index in [2.05, 4.69) is 10.4 Å². The molecule has 61 heavy (non-hydrogen) atoms. The highest BCUT2D eigenvalue weighted by atomic mass is 35.5. The van der Waals surface area contributed by atoms with Crippen LogP contribution in [0.3, 0.4) is 0 Å². The van der Waals surface area contributed by atoms with Crippen molar-refractivity contribution in [3.05, 3.63) is 128 Å². The van der Waals surface area contributed by atoms with Crippen LogP contribution in [0.2, 0.25) is 10.0 Å². The van der Waals surface area contributed by atoms with Crippen molar-refractivity contribution in [2.24, 2.45) is 23.7 Å². The van der Waals surface area contributed by atoms with Crippen molar-refractivity contribution in [3.8, 4) is 5.75 Å². The Hall–Kier alpha value is -5.69. The van der Waals surface area contributed by atoms with E-state index in [4.69, 9.17) is 23.2 Å². The summed E-state index contributed by atoms with van der Waals surface area (Å²) in [5.74, 6) is -14.9. The zero-order chi connectivity index (χ0) is 44.3. The first-order valence-corrected chi connectivity index (χ1v) is 18.7. The van der Waals surface area contributed by atoms with Crippen LogP contribution in [-0.2, 0) is 43.1 Å². The largest absolute Gasteiger partial charge is 0.505 e. The van der Waals surface area contributed by atoms with Crippen LogP contribution in [0.4, 0.5) is 55.4 Å². The summed E-state index contributed by atoms with van der Waals surface area (Å²) in [4.78, 5) is 62.3. The number of amides is 4. The standard InChI is InChI=1S/C40H24Cl2F10N4O5/c41-20-6-4-16(5-7-20)37-26(34(59)56(36(37)61)54-32-27(42)13-19(15-53-32)40(50,51)52)14-25-22(30(37)24-2-1-3-28(43)31(24)57)8-9-23-29(25)35(60)55(33(23)58)21-11-17(38(44,45)46)10-18(12-21)39(47,48)49/h1-8,10-13,15,23,25-26,29-30,57H,9,14H2,(H,53,54). The second kappa shape index (κ2) is 14.2. The van der Waals surface area contributed by atoms with Gasteiger partial charge in [-0.3, -0.25) is 24.6 Å². The van der Waals surface area contributed by atoms with Gasteiger partial charge in [-0.1, -0.05) is 59.1 Å². The fourth-order valence-electron chi connectivity index (χ4n) is 9.21. The molecule has 3 heterocycles. The number of aromatic hydroxyl groups is 1. The van der Waals surface area contributed by atoms with Gasteiger partial charge in [0, 0.05) is 22.7 Å². The molecule has 318 valence electrons. The van der Waals surface area contributed by atoms with Gasteiger partial charge in [-0.2, -0.15) is 44.5 Å². The third-order valence-corrected chi connectivity index (χ3v) is 12.3. The molecule has 6 atom stereocenters. The van der Waals surface area contributed by atoms with Gasteiger partial charge < -0.3 is 5.11 Å². The molecule has 9 nitrogen and oxygen atoms in total. The van der Waals surface area contributed by atoms with Crippen molar-refractivity contribution in [2.75, 3.05) is 10.3 Å². The topological polar surface area (TPSA) is 120 Å². The summed E-state index contributed by atoms with van der Waals surface area (Å²) in [6, 6.07) is 9.46. The molecule has 3 fully saturated rings. The second-order valence-corrected chi connectivity index (χ2v) is 15.7. The summed E-state index contributed by atoms with van der Waals surface area (Å²) in [6.45, 7) is 0. The summed E-state index contributed by atoms with van der Waals surface area (Å²) < 4.78 is 139. The molecule has 2 saturated heterocycles. The number of halogens is 12. The van der Waals surface area contributed by atoms with Crippen LogP contribution in [0.15, 0.2) is 84.6 Å². The number of carbonyl (C=O) groups is 4. The van der Waals surface area contributed by atoms with Crippen LogP contribution < -0.4 is 10.3 Å². The van der Waals surface area contributed by atoms with Gasteiger partial charge in [0.25, 0.3) is 11.8 Å². The number of anilines is 2. The fourth-order valence-corrected chi connectivity index (χ4v) is 9.55. The van der Waals surface area contributed by atoms with Crippen LogP contribution in [-0.4, -0.2) is 38.7 Å². The SMILES string of the molecule is O=C1C2CC3C(=CCC4C(=O)N(c5cc(C(F)(F)F)cc(C(F)(F)F)c5)C(=O)C43)C(c3cccc(F)c3O)C2(c2ccc(Cl)cc2)C(=O)N1Nc1ncc(C(F)(F)F)cc1Cl. The van der Waals surface area contributed by atoms with E-state index < -0.39 is 128 Å². The molecular formula is C40H24Cl2F10N4O5. The second-order valence-electron chi connectivity index (χ2n) is 14.9. The molecule has 4 amide bonds. The first-order valence-electron chi connectivity index (χ1n) is 17.9. The lowest BCUT2D eigenvalue weighted by Gasteiger charge is -2.50. The lowest BCUT2D eigenvalue weighted by atomic mass is 9.49. The number of hydrogen-bond donors (Lipinski definition) is 2. The maximum atomic E-state index is 15.4. The maximum absolute atomic E-state index is 15.4. The number of phenols is 1. The molecule has 21 heteroatoms. The average Bonchev–Trinajstić information content (AvgIpc) is 3.56. The van der Waals surface area contributed by atoms with Crippen LogP contribution in [0.1, 0.15) is 46.6 Å². The molecule has 4 aliphatic rings. The van der Waals surface area contributed by atoms with Gasteiger partial charge >= 0.3 is 18.5 Å². The van der Waals surface area contributed by atoms with Crippen molar-refractivity contribution in [1.29, 1.82) is 0 Å². The van der Waals surface area contributed by atoms with Crippen molar-refractivity contribution in [2.45, 2.75) is 42.7 Å². The monoisotopic (exact) mass is 900 g/mol. The highest BCUT2D eigenvalue weighted by molar-refractivity contribution is 6.33. The van der Waals surface area contributed by atoms with Crippen molar-refractivity contribution >= 4 is 58.3 Å². The minimum absolute atomic E-state index is 0.0465. The van der Waals surface area contributed by atoms with E-state index in [9.17, 15) is 59.0 Å². The van der Waals surface area contributed by atoms with E-state index in [0.717, 1.165) is 6.07 Å². The number of hydrazine groups is 1. The quantitative estimate of drug-likeness (QED) is 0.116. The average molecular weight is 902 g/mol. The van der Waals surface area contributed by atoms with Gasteiger partial charge in [-0.25, -0.2) is 14.3 Å². The number of nitrogens with zero attached hydrogens (tertiary/aromatic N) is 3. The number of nitrogens with one attached hydrogen (secondary N) is 1. The van der Waals surface area contributed by atoms with E-state index in [1.807, 2.05) is 0 Å². The number of fused-ring (bicyclic) bond motifs is 4. The molecule has 0 radical (unpaired) electrons. The lowest BCUT2D eigenvalue weighted by molar-refractivity contribution is -0.143. The number of pyridine rings is 1. The van der Waals surface area contributed by atoms with Crippen molar-refractivity contribution in [3.63, 3.8) is 0 Å². The minimum atomic E-state index is -5.34. The molecule has 0 spiro atoms. The first kappa shape index (κ1) is 42.0. The summed E-state index contributed by atoms with van der Waals surface area (Å²) in [7, 11) is 0. The molecule has 2 aliphatic heterocycles. The summed E-state index contributed by atoms with van der Waals surface area (Å²) in [6.07, 6.45) is -14.7. The minimum Gasteiger partial charge on any atom is -0.505 e. The van der Waals surface area contributed by atoms with Crippen LogP contribution in [0.25, 0.3) is 0 Å². The molecule has 3 aromatic carbocycles. The Kier molecular flexibility index (Phi) is 9.77. The highest BCUT2D eigenvalue weighted by Gasteiger charge is 2.71. The van der Waals surface area contributed by atoms with E-state index in [-0.39, 0.29) is 51.2 Å². The number of para-hydroxylation sites is 1. The fraction of sp³-hybridized carbons (Fsp3) is 0.275. The Morgan fingerprint density at radius 3 is 1.98 bits per heavy atom. The molecule has 4 aromatic rings. The van der Waals surface area contributed by atoms with E-state index in [1.54, 1.807) is 0 Å². The molecular weight excluding hydrogens is 877 g/mol. The van der Waals surface area contributed by atoms with Crippen LogP contribution in [0.5, 0.6) is 5.75 Å². The molecule has 1 saturated carbocycles. The first-order chi connectivity index (χ1) is 28.5. The van der Waals surface area contributed by atoms with Crippen molar-refractivity contribution in [1.82, 2.24) is 9.99 Å². The molecule has 1 aromatic heterocycles. The van der Waals surface area contributed by atoms with Crippen molar-refractivity contribution < 1.29 is 68.2 Å². The van der Waals surface area contributed by atoms with Crippen LogP contribution in [0, 0.1) is 29.5 Å². The third kappa shape index (κ3) is 6.58. The predicted molar refractivity (Wildman–Crippen MR) is 194 cm³/mol. The normalized spacial score (nSPS) is 25.4. The number of benzene rings is 3. The number of imide groups is 2. The Morgan fingerprint density at radius 2 is 1.39 bits per heavy atom. The van der Waals surface area contributed by atoms with Gasteiger partial charge in [0.15, 0.2) is 17.4 Å². The maximum Gasteiger partial charge on any atom is 0.417 e. The van der Waals surface area contributed by atoms with E-state index >= 15 is 9.18 Å². The predicted octanol–water partition coefficient (Wildman–Crippen LogP) is 9.48. The Morgan fingerprint density at radius 1 is 0.770 bits per heavy atom.